The lowest BCUT2D eigenvalue weighted by Crippen LogP contribution is -2.29. The average Bonchev–Trinajstić information content (AvgIpc) is 3.26. The van der Waals surface area contributed by atoms with Gasteiger partial charge in [-0.2, -0.15) is 0 Å². The van der Waals surface area contributed by atoms with Crippen molar-refractivity contribution >= 4 is 43.1 Å². The van der Waals surface area contributed by atoms with Gasteiger partial charge in [0, 0.05) is 30.1 Å². The number of nitro groups is 1. The third-order valence-corrected chi connectivity index (χ3v) is 7.25. The Morgan fingerprint density at radius 2 is 1.93 bits per heavy atom. The molecule has 0 fully saturated rings. The lowest BCUT2D eigenvalue weighted by Gasteiger charge is -2.09. The average molecular weight is 419 g/mol. The van der Waals surface area contributed by atoms with Crippen molar-refractivity contribution in [1.82, 2.24) is 14.7 Å². The van der Waals surface area contributed by atoms with Gasteiger partial charge in [0.05, 0.1) is 15.2 Å². The molecule has 0 saturated heterocycles. The smallest absolute Gasteiger partial charge is 0.269 e. The van der Waals surface area contributed by atoms with Crippen LogP contribution in [-0.4, -0.2) is 36.4 Å². The van der Waals surface area contributed by atoms with Crippen LogP contribution in [0.1, 0.15) is 16.9 Å². The zero-order valence-corrected chi connectivity index (χ0v) is 16.3. The minimum Gasteiger partial charge on any atom is -0.368 e. The van der Waals surface area contributed by atoms with E-state index >= 15 is 0 Å². The molecule has 9 nitrogen and oxygen atoms in total. The molecule has 0 bridgehead atoms. The number of nitrogens with one attached hydrogen (secondary N) is 2. The van der Waals surface area contributed by atoms with E-state index in [9.17, 15) is 18.5 Å². The quantitative estimate of drug-likeness (QED) is 0.342. The molecule has 0 atom stereocenters. The fourth-order valence-corrected chi connectivity index (χ4v) is 5.52. The van der Waals surface area contributed by atoms with Gasteiger partial charge in [0.2, 0.25) is 10.0 Å². The van der Waals surface area contributed by atoms with E-state index in [1.54, 1.807) is 11.3 Å². The van der Waals surface area contributed by atoms with Crippen LogP contribution in [0.3, 0.4) is 0 Å². The number of non-ortho nitro benzene ring substituents is 1. The first kappa shape index (κ1) is 18.7. The van der Waals surface area contributed by atoms with Gasteiger partial charge >= 0.3 is 0 Å². The van der Waals surface area contributed by atoms with Crippen molar-refractivity contribution in [2.24, 2.45) is 0 Å². The van der Waals surface area contributed by atoms with Gasteiger partial charge in [0.15, 0.2) is 0 Å². The van der Waals surface area contributed by atoms with Crippen molar-refractivity contribution in [3.8, 4) is 0 Å². The Labute approximate surface area is 165 Å². The summed E-state index contributed by atoms with van der Waals surface area (Å²) < 4.78 is 27.1. The molecule has 1 aliphatic rings. The van der Waals surface area contributed by atoms with Crippen LogP contribution in [0.15, 0.2) is 35.5 Å². The minimum absolute atomic E-state index is 0.0156. The maximum Gasteiger partial charge on any atom is 0.269 e. The summed E-state index contributed by atoms with van der Waals surface area (Å²) in [5.41, 5.74) is 1.14. The number of rotatable bonds is 7. The first-order valence-electron chi connectivity index (χ1n) is 8.69. The first-order chi connectivity index (χ1) is 13.5. The number of benzene rings is 1. The molecule has 1 aliphatic carbocycles. The number of hydrogen-bond acceptors (Lipinski definition) is 8. The Balaban J connectivity index is 1.41. The Morgan fingerprint density at radius 3 is 2.68 bits per heavy atom. The number of hydrogen-bond donors (Lipinski definition) is 2. The predicted molar refractivity (Wildman–Crippen MR) is 106 cm³/mol. The van der Waals surface area contributed by atoms with Crippen molar-refractivity contribution in [3.05, 3.63) is 51.1 Å². The monoisotopic (exact) mass is 419 g/mol. The number of anilines is 1. The molecule has 2 N–H and O–H groups in total. The van der Waals surface area contributed by atoms with Crippen molar-refractivity contribution < 1.29 is 13.3 Å². The van der Waals surface area contributed by atoms with Crippen LogP contribution in [0.4, 0.5) is 11.5 Å². The van der Waals surface area contributed by atoms with Crippen LogP contribution in [0.5, 0.6) is 0 Å². The molecule has 1 aromatic carbocycles. The summed E-state index contributed by atoms with van der Waals surface area (Å²) >= 11 is 1.69. The van der Waals surface area contributed by atoms with E-state index in [1.807, 2.05) is 0 Å². The Hall–Kier alpha value is -2.63. The van der Waals surface area contributed by atoms with Crippen molar-refractivity contribution in [1.29, 1.82) is 0 Å². The second-order valence-electron chi connectivity index (χ2n) is 6.34. The van der Waals surface area contributed by atoms with E-state index in [0.29, 0.717) is 6.54 Å². The molecule has 0 saturated carbocycles. The SMILES string of the molecule is O=[N+]([O-])c1ccc(S(=O)(=O)NCCNc2ncnc3sc4c(c23)CCC4)cc1. The van der Waals surface area contributed by atoms with Gasteiger partial charge in [0.1, 0.15) is 17.0 Å². The number of aromatic nitrogens is 2. The summed E-state index contributed by atoms with van der Waals surface area (Å²) in [6, 6.07) is 4.77. The summed E-state index contributed by atoms with van der Waals surface area (Å²) in [5, 5.41) is 14.9. The Morgan fingerprint density at radius 1 is 1.14 bits per heavy atom. The second-order valence-corrected chi connectivity index (χ2v) is 9.19. The third kappa shape index (κ3) is 3.55. The Bertz CT molecular complexity index is 1140. The van der Waals surface area contributed by atoms with Crippen LogP contribution in [0, 0.1) is 10.1 Å². The summed E-state index contributed by atoms with van der Waals surface area (Å²) in [7, 11) is -3.74. The summed E-state index contributed by atoms with van der Waals surface area (Å²) in [5.74, 6) is 0.721. The van der Waals surface area contributed by atoms with Crippen LogP contribution >= 0.6 is 11.3 Å². The molecule has 146 valence electrons. The third-order valence-electron chi connectivity index (χ3n) is 4.57. The number of nitrogens with zero attached hydrogens (tertiary/aromatic N) is 3. The Kier molecular flexibility index (Phi) is 4.96. The molecule has 11 heteroatoms. The normalized spacial score (nSPS) is 13.6. The van der Waals surface area contributed by atoms with Gasteiger partial charge in [0.25, 0.3) is 5.69 Å². The predicted octanol–water partition coefficient (Wildman–Crippen LogP) is 2.48. The first-order valence-corrected chi connectivity index (χ1v) is 11.0. The van der Waals surface area contributed by atoms with Crippen molar-refractivity contribution in [3.63, 3.8) is 0 Å². The standard InChI is InChI=1S/C17H17N5O4S2/c23-22(24)11-4-6-12(7-5-11)28(25,26)21-9-8-18-16-15-13-2-1-3-14(13)27-17(15)20-10-19-16/h4-7,10,21H,1-3,8-9H2,(H,18,19,20). The zero-order valence-electron chi connectivity index (χ0n) is 14.7. The van der Waals surface area contributed by atoms with Crippen molar-refractivity contribution in [2.75, 3.05) is 18.4 Å². The molecular formula is C17H17N5O4S2. The van der Waals surface area contributed by atoms with E-state index in [1.165, 1.54) is 41.0 Å². The van der Waals surface area contributed by atoms with Gasteiger partial charge in [-0.05, 0) is 37.0 Å². The number of aryl methyl sites for hydroxylation is 2. The molecule has 0 spiro atoms. The highest BCUT2D eigenvalue weighted by molar-refractivity contribution is 7.89. The van der Waals surface area contributed by atoms with Gasteiger partial charge in [-0.1, -0.05) is 0 Å². The number of thiophene rings is 1. The van der Waals surface area contributed by atoms with Crippen LogP contribution in [-0.2, 0) is 22.9 Å². The maximum atomic E-state index is 12.3. The largest absolute Gasteiger partial charge is 0.368 e. The van der Waals surface area contributed by atoms with E-state index in [4.69, 9.17) is 0 Å². The molecule has 4 rings (SSSR count). The van der Waals surface area contributed by atoms with E-state index < -0.39 is 14.9 Å². The summed E-state index contributed by atoms with van der Waals surface area (Å²) in [6.45, 7) is 0.500. The summed E-state index contributed by atoms with van der Waals surface area (Å²) in [6.07, 6.45) is 4.74. The number of sulfonamides is 1. The lowest BCUT2D eigenvalue weighted by molar-refractivity contribution is -0.384. The van der Waals surface area contributed by atoms with Crippen LogP contribution in [0.25, 0.3) is 10.2 Å². The van der Waals surface area contributed by atoms with Gasteiger partial charge in [-0.3, -0.25) is 10.1 Å². The van der Waals surface area contributed by atoms with Gasteiger partial charge < -0.3 is 5.32 Å². The molecular weight excluding hydrogens is 402 g/mol. The second kappa shape index (κ2) is 7.41. The number of nitro benzene ring substituents is 1. The molecule has 0 aliphatic heterocycles. The molecule has 28 heavy (non-hydrogen) atoms. The molecule has 0 radical (unpaired) electrons. The molecule has 0 amide bonds. The molecule has 2 aromatic heterocycles. The fourth-order valence-electron chi connectivity index (χ4n) is 3.26. The van der Waals surface area contributed by atoms with E-state index in [-0.39, 0.29) is 17.1 Å². The highest BCUT2D eigenvalue weighted by Crippen LogP contribution is 2.38. The van der Waals surface area contributed by atoms with E-state index in [2.05, 4.69) is 20.0 Å². The van der Waals surface area contributed by atoms with Crippen LogP contribution in [0.2, 0.25) is 0 Å². The molecule has 0 unspecified atom stereocenters. The van der Waals surface area contributed by atoms with Crippen molar-refractivity contribution in [2.45, 2.75) is 24.2 Å². The fraction of sp³-hybridized carbons (Fsp3) is 0.294. The molecule has 3 aromatic rings. The highest BCUT2D eigenvalue weighted by Gasteiger charge is 2.21. The zero-order chi connectivity index (χ0) is 19.7. The summed E-state index contributed by atoms with van der Waals surface area (Å²) in [4.78, 5) is 21.1. The minimum atomic E-state index is -3.74. The van der Waals surface area contributed by atoms with Gasteiger partial charge in [-0.25, -0.2) is 23.1 Å². The van der Waals surface area contributed by atoms with E-state index in [0.717, 1.165) is 35.3 Å². The van der Waals surface area contributed by atoms with Gasteiger partial charge in [-0.15, -0.1) is 11.3 Å². The maximum absolute atomic E-state index is 12.3. The topological polar surface area (TPSA) is 127 Å². The molecule has 2 heterocycles. The highest BCUT2D eigenvalue weighted by atomic mass is 32.2. The lowest BCUT2D eigenvalue weighted by atomic mass is 10.2. The van der Waals surface area contributed by atoms with Crippen LogP contribution < -0.4 is 10.0 Å². The number of fused-ring (bicyclic) bond motifs is 3.